The van der Waals surface area contributed by atoms with Crippen LogP contribution < -0.4 is 21.3 Å². The molecule has 0 amide bonds. The van der Waals surface area contributed by atoms with E-state index in [-0.39, 0.29) is 34.0 Å². The number of aromatic nitrogens is 8. The molecule has 236 valence electrons. The van der Waals surface area contributed by atoms with Gasteiger partial charge in [-0.25, -0.2) is 29.9 Å². The Morgan fingerprint density at radius 2 is 1.23 bits per heavy atom. The number of aliphatic hydroxyl groups is 2. The van der Waals surface area contributed by atoms with Crippen LogP contribution in [0.3, 0.4) is 0 Å². The second-order valence-corrected chi connectivity index (χ2v) is 12.6. The predicted molar refractivity (Wildman–Crippen MR) is 136 cm³/mol. The number of imidazole rings is 2. The van der Waals surface area contributed by atoms with Crippen LogP contribution in [0.15, 0.2) is 25.3 Å². The summed E-state index contributed by atoms with van der Waals surface area (Å²) in [5.41, 5.74) is 12.2. The summed E-state index contributed by atoms with van der Waals surface area (Å²) in [5.74, 6) is 0.0440. The first-order valence-electron chi connectivity index (χ1n) is 12.7. The molecule has 0 aromatic carbocycles. The number of nitrogen functional groups attached to an aromatic ring is 2. The molecule has 24 heteroatoms. The quantitative estimate of drug-likeness (QED) is 0.157. The van der Waals surface area contributed by atoms with Crippen molar-refractivity contribution in [2.24, 2.45) is 0 Å². The van der Waals surface area contributed by atoms with Crippen molar-refractivity contribution < 1.29 is 56.7 Å². The zero-order chi connectivity index (χ0) is 31.0. The minimum Gasteiger partial charge on any atom is -0.756 e. The Labute approximate surface area is 244 Å². The Hall–Kier alpha value is -3.24. The summed E-state index contributed by atoms with van der Waals surface area (Å²) < 4.78 is 60.4. The Morgan fingerprint density at radius 1 is 0.727 bits per heavy atom. The van der Waals surface area contributed by atoms with Crippen LogP contribution in [0.4, 0.5) is 11.6 Å². The van der Waals surface area contributed by atoms with E-state index in [4.69, 9.17) is 39.0 Å². The first-order valence-corrected chi connectivity index (χ1v) is 15.7. The zero-order valence-corrected chi connectivity index (χ0v) is 23.7. The molecule has 6 N–H and O–H groups in total. The average Bonchev–Trinajstić information content (AvgIpc) is 3.73. The van der Waals surface area contributed by atoms with Gasteiger partial charge < -0.3 is 59.0 Å². The average molecular weight is 656 g/mol. The molecule has 7 heterocycles. The number of anilines is 2. The van der Waals surface area contributed by atoms with Crippen molar-refractivity contribution in [1.29, 1.82) is 0 Å². The third-order valence-electron chi connectivity index (χ3n) is 7.24. The second-order valence-electron chi connectivity index (χ2n) is 9.90. The summed E-state index contributed by atoms with van der Waals surface area (Å²) in [5, 5.41) is 22.0. The molecule has 7 rings (SSSR count). The Morgan fingerprint density at radius 3 is 1.82 bits per heavy atom. The van der Waals surface area contributed by atoms with Crippen LogP contribution in [-0.2, 0) is 36.7 Å². The molecule has 3 aliphatic heterocycles. The molecule has 4 aromatic rings. The number of aliphatic hydroxyl groups excluding tert-OH is 2. The molecule has 0 spiro atoms. The van der Waals surface area contributed by atoms with Gasteiger partial charge in [0.1, 0.15) is 60.3 Å². The Balaban J connectivity index is 1.20. The predicted octanol–water partition coefficient (Wildman–Crippen LogP) is -2.90. The lowest BCUT2D eigenvalue weighted by atomic mass is 10.1. The van der Waals surface area contributed by atoms with Gasteiger partial charge >= 0.3 is 0 Å². The number of phosphoric acid groups is 2. The van der Waals surface area contributed by atoms with E-state index < -0.39 is 77.9 Å². The van der Waals surface area contributed by atoms with Gasteiger partial charge in [0.05, 0.1) is 25.9 Å². The molecule has 44 heavy (non-hydrogen) atoms. The minimum atomic E-state index is -5.31. The van der Waals surface area contributed by atoms with Gasteiger partial charge in [-0.15, -0.1) is 0 Å². The molecule has 10 atom stereocenters. The molecule has 0 aliphatic carbocycles. The number of hydrogen-bond acceptors (Lipinski definition) is 20. The number of rotatable bonds is 2. The highest BCUT2D eigenvalue weighted by atomic mass is 31.2. The van der Waals surface area contributed by atoms with E-state index >= 15 is 0 Å². The summed E-state index contributed by atoms with van der Waals surface area (Å²) in [4.78, 5) is 50.0. The molecule has 3 fully saturated rings. The summed E-state index contributed by atoms with van der Waals surface area (Å²) >= 11 is 0. The maximum atomic E-state index is 13.1. The first-order chi connectivity index (χ1) is 20.9. The lowest BCUT2D eigenvalue weighted by Crippen LogP contribution is -2.37. The van der Waals surface area contributed by atoms with Crippen LogP contribution in [-0.4, -0.2) is 99.1 Å². The van der Waals surface area contributed by atoms with Gasteiger partial charge in [-0.05, 0) is 0 Å². The summed E-state index contributed by atoms with van der Waals surface area (Å²) in [7, 11) is -10.6. The molecular weight excluding hydrogens is 634 g/mol. The smallest absolute Gasteiger partial charge is 0.268 e. The van der Waals surface area contributed by atoms with Gasteiger partial charge in [0.25, 0.3) is 15.6 Å². The van der Waals surface area contributed by atoms with Crippen LogP contribution in [0.25, 0.3) is 22.3 Å². The van der Waals surface area contributed by atoms with Crippen molar-refractivity contribution in [2.45, 2.75) is 49.1 Å². The van der Waals surface area contributed by atoms with E-state index in [1.54, 1.807) is 0 Å². The van der Waals surface area contributed by atoms with E-state index in [1.807, 2.05) is 0 Å². The van der Waals surface area contributed by atoms with Gasteiger partial charge in [0, 0.05) is 0 Å². The van der Waals surface area contributed by atoms with Crippen LogP contribution in [0.5, 0.6) is 0 Å². The van der Waals surface area contributed by atoms with Crippen molar-refractivity contribution in [3.63, 3.8) is 0 Å². The van der Waals surface area contributed by atoms with E-state index in [2.05, 4.69) is 29.9 Å². The fraction of sp³-hybridized carbons (Fsp3) is 0.500. The van der Waals surface area contributed by atoms with Crippen LogP contribution in [0.2, 0.25) is 0 Å². The lowest BCUT2D eigenvalue weighted by molar-refractivity contribution is -0.240. The molecular formula is C20H22N10O12P2-2. The largest absolute Gasteiger partial charge is 0.756 e. The van der Waals surface area contributed by atoms with Crippen molar-refractivity contribution in [3.8, 4) is 0 Å². The van der Waals surface area contributed by atoms with Gasteiger partial charge in [-0.1, -0.05) is 0 Å². The molecule has 2 bridgehead atoms. The maximum Gasteiger partial charge on any atom is 0.268 e. The number of fused-ring (bicyclic) bond motifs is 5. The summed E-state index contributed by atoms with van der Waals surface area (Å²) in [6.07, 6.45) is -8.06. The van der Waals surface area contributed by atoms with Crippen molar-refractivity contribution in [1.82, 2.24) is 39.0 Å². The van der Waals surface area contributed by atoms with Gasteiger partial charge in [0.15, 0.2) is 35.4 Å². The normalized spacial score (nSPS) is 38.3. The third kappa shape index (κ3) is 5.04. The lowest BCUT2D eigenvalue weighted by Gasteiger charge is -2.32. The number of ether oxygens (including phenoxy) is 2. The van der Waals surface area contributed by atoms with Crippen LogP contribution in [0, 0.1) is 0 Å². The summed E-state index contributed by atoms with van der Waals surface area (Å²) in [6.45, 7) is -1.73. The van der Waals surface area contributed by atoms with E-state index in [0.29, 0.717) is 0 Å². The van der Waals surface area contributed by atoms with Gasteiger partial charge in [-0.3, -0.25) is 18.3 Å². The van der Waals surface area contributed by atoms with Crippen LogP contribution in [0.1, 0.15) is 12.5 Å². The highest BCUT2D eigenvalue weighted by Gasteiger charge is 2.51. The fourth-order valence-corrected chi connectivity index (χ4v) is 7.07. The van der Waals surface area contributed by atoms with E-state index in [9.17, 15) is 29.1 Å². The first kappa shape index (κ1) is 29.5. The van der Waals surface area contributed by atoms with Gasteiger partial charge in [-0.2, -0.15) is 0 Å². The number of phosphoric ester groups is 2. The number of hydrogen-bond donors (Lipinski definition) is 4. The molecule has 22 nitrogen and oxygen atoms in total. The SMILES string of the molecule is Nc1ncnc2c1ncn2[C@@H]1O[C@@H]2COP(=O)([O-])O[C@H]3[C@@H](O)[C@H](COP(=O)([O-])O[C@H]2[C@H]1O)O[C@@H]3n1cnc2c(N)ncnc21. The molecule has 0 radical (unpaired) electrons. The monoisotopic (exact) mass is 656 g/mol. The van der Waals surface area contributed by atoms with Crippen LogP contribution >= 0.6 is 15.6 Å². The minimum absolute atomic E-state index is 0.0141. The topological polar surface area (TPSA) is 315 Å². The standard InChI is InChI=1S/C20H24N10O12P2/c21-15-9-17(25-3-23-15)29(5-27-9)19-12(32)13-8(40-19)2-38-44(35,36)42-14-11(31)7(1-37-43(33,34)41-13)39-20(14)30-6-28-10-16(22)24-4-26-18(10)30/h3-8,11-14,19-20,31-32H,1-2H2,(H,33,34)(H,35,36)(H2,21,23,25)(H2,22,24,26)/p-2/t7-,8+,11-,12+,13+,14-,19+,20-/m0/s1. The molecule has 3 aliphatic rings. The summed E-state index contributed by atoms with van der Waals surface area (Å²) in [6, 6.07) is 0. The van der Waals surface area contributed by atoms with E-state index in [1.165, 1.54) is 21.8 Å². The van der Waals surface area contributed by atoms with Crippen molar-refractivity contribution in [2.75, 3.05) is 24.7 Å². The molecule has 2 unspecified atom stereocenters. The zero-order valence-electron chi connectivity index (χ0n) is 21.9. The second kappa shape index (κ2) is 10.7. The third-order valence-corrected chi connectivity index (χ3v) is 9.17. The molecule has 3 saturated heterocycles. The molecule has 4 aromatic heterocycles. The van der Waals surface area contributed by atoms with Crippen molar-refractivity contribution >= 4 is 49.6 Å². The fourth-order valence-electron chi connectivity index (χ4n) is 5.21. The molecule has 0 saturated carbocycles. The highest BCUT2D eigenvalue weighted by molar-refractivity contribution is 7.46. The highest BCUT2D eigenvalue weighted by Crippen LogP contribution is 2.51. The number of nitrogens with two attached hydrogens (primary N) is 2. The Kier molecular flexibility index (Phi) is 7.16. The number of nitrogens with zero attached hydrogens (tertiary/aromatic N) is 8. The Bertz CT molecular complexity index is 1820. The maximum absolute atomic E-state index is 13.1. The van der Waals surface area contributed by atoms with E-state index in [0.717, 1.165) is 12.7 Å². The van der Waals surface area contributed by atoms with Gasteiger partial charge in [0.2, 0.25) is 0 Å². The van der Waals surface area contributed by atoms with Crippen molar-refractivity contribution in [3.05, 3.63) is 25.3 Å².